The molecule has 2 fully saturated rings. The summed E-state index contributed by atoms with van der Waals surface area (Å²) in [4.78, 5) is 30.5. The summed E-state index contributed by atoms with van der Waals surface area (Å²) in [6.07, 6.45) is 0.195. The van der Waals surface area contributed by atoms with Gasteiger partial charge in [-0.2, -0.15) is 17.6 Å². The van der Waals surface area contributed by atoms with Gasteiger partial charge >= 0.3 is 11.9 Å². The first kappa shape index (κ1) is 23.5. The maximum absolute atomic E-state index is 14.3. The summed E-state index contributed by atoms with van der Waals surface area (Å²) >= 11 is 0. The van der Waals surface area contributed by atoms with Gasteiger partial charge in [0.2, 0.25) is 5.95 Å². The van der Waals surface area contributed by atoms with Gasteiger partial charge in [-0.15, -0.1) is 0 Å². The van der Waals surface area contributed by atoms with Crippen molar-refractivity contribution in [1.29, 1.82) is 0 Å². The average Bonchev–Trinajstić information content (AvgIpc) is 3.36. The standard InChI is InChI=1S/C25H24F4N4O2/c1-14-4-9-19(21(26)30-14)20-13-33(23(35)31-22(20)34)10-2-3-18-11-17-12-24(17,32-18)15-5-7-16(8-6-15)25(27,28)29/h4-9,13,17-18,32H,2-3,10-12H2,1H3,(H,31,34,35)/t17-,18?,24-/m1/s1. The number of aromatic amines is 1. The van der Waals surface area contributed by atoms with Crippen LogP contribution in [0.25, 0.3) is 11.1 Å². The van der Waals surface area contributed by atoms with Gasteiger partial charge in [-0.05, 0) is 68.4 Å². The van der Waals surface area contributed by atoms with Crippen LogP contribution in [-0.2, 0) is 18.3 Å². The number of alkyl halides is 3. The van der Waals surface area contributed by atoms with Crippen LogP contribution in [0.2, 0.25) is 0 Å². The van der Waals surface area contributed by atoms with E-state index in [9.17, 15) is 27.2 Å². The molecule has 3 heterocycles. The molecule has 1 aromatic carbocycles. The number of H-pyrrole nitrogens is 1. The molecule has 0 amide bonds. The normalized spacial score (nSPS) is 23.3. The van der Waals surface area contributed by atoms with Crippen molar-refractivity contribution in [3.63, 3.8) is 0 Å². The number of rotatable bonds is 6. The molecule has 184 valence electrons. The van der Waals surface area contributed by atoms with Crippen LogP contribution < -0.4 is 16.6 Å². The van der Waals surface area contributed by atoms with E-state index >= 15 is 0 Å². The molecule has 1 aliphatic carbocycles. The number of piperidine rings is 1. The number of nitrogens with one attached hydrogen (secondary N) is 2. The lowest BCUT2D eigenvalue weighted by molar-refractivity contribution is -0.137. The molecule has 2 aromatic heterocycles. The van der Waals surface area contributed by atoms with E-state index < -0.39 is 28.9 Å². The van der Waals surface area contributed by atoms with E-state index in [1.165, 1.54) is 16.8 Å². The molecule has 0 bridgehead atoms. The molecule has 0 radical (unpaired) electrons. The summed E-state index contributed by atoms with van der Waals surface area (Å²) in [5.74, 6) is -0.396. The van der Waals surface area contributed by atoms with E-state index in [1.54, 1.807) is 25.1 Å². The lowest BCUT2D eigenvalue weighted by Gasteiger charge is -2.20. The topological polar surface area (TPSA) is 79.8 Å². The summed E-state index contributed by atoms with van der Waals surface area (Å²) in [5.41, 5.74) is -0.753. The van der Waals surface area contributed by atoms with Gasteiger partial charge in [0, 0.05) is 35.6 Å². The number of halogens is 4. The predicted octanol–water partition coefficient (Wildman–Crippen LogP) is 4.12. The van der Waals surface area contributed by atoms with Gasteiger partial charge < -0.3 is 5.32 Å². The second-order valence-corrected chi connectivity index (χ2v) is 9.45. The Hall–Kier alpha value is -3.27. The van der Waals surface area contributed by atoms with Gasteiger partial charge in [0.25, 0.3) is 5.56 Å². The summed E-state index contributed by atoms with van der Waals surface area (Å²) in [5, 5.41) is 3.59. The Bertz CT molecular complexity index is 1380. The molecule has 2 aliphatic rings. The second kappa shape index (κ2) is 8.44. The van der Waals surface area contributed by atoms with Crippen molar-refractivity contribution in [2.75, 3.05) is 0 Å². The molecular weight excluding hydrogens is 464 g/mol. The fourth-order valence-corrected chi connectivity index (χ4v) is 5.24. The molecule has 10 heteroatoms. The van der Waals surface area contributed by atoms with E-state index in [0.29, 0.717) is 24.6 Å². The van der Waals surface area contributed by atoms with Crippen molar-refractivity contribution >= 4 is 0 Å². The molecule has 35 heavy (non-hydrogen) atoms. The van der Waals surface area contributed by atoms with Gasteiger partial charge in [0.15, 0.2) is 0 Å². The maximum Gasteiger partial charge on any atom is 0.416 e. The number of aryl methyl sites for hydroxylation is 2. The Balaban J connectivity index is 1.24. The Morgan fingerprint density at radius 1 is 1.11 bits per heavy atom. The van der Waals surface area contributed by atoms with Crippen LogP contribution in [0.1, 0.15) is 42.5 Å². The third-order valence-corrected chi connectivity index (χ3v) is 7.10. The molecule has 0 spiro atoms. The Labute approximate surface area is 198 Å². The summed E-state index contributed by atoms with van der Waals surface area (Å²) in [6.45, 7) is 1.97. The Morgan fingerprint density at radius 3 is 2.54 bits per heavy atom. The highest BCUT2D eigenvalue weighted by molar-refractivity contribution is 5.61. The predicted molar refractivity (Wildman–Crippen MR) is 121 cm³/mol. The zero-order chi connectivity index (χ0) is 25.0. The molecule has 3 atom stereocenters. The minimum absolute atomic E-state index is 0.0293. The van der Waals surface area contributed by atoms with E-state index in [-0.39, 0.29) is 22.7 Å². The van der Waals surface area contributed by atoms with E-state index in [4.69, 9.17) is 0 Å². The third-order valence-electron chi connectivity index (χ3n) is 7.10. The SMILES string of the molecule is Cc1ccc(-c2cn(CCCC3C[C@@H]4C[C@]4(c4ccc(C(F)(F)F)cc4)N3)c(=O)[nH]c2=O)c(F)n1. The molecule has 5 rings (SSSR count). The maximum atomic E-state index is 14.3. The largest absolute Gasteiger partial charge is 0.416 e. The summed E-state index contributed by atoms with van der Waals surface area (Å²) < 4.78 is 54.3. The van der Waals surface area contributed by atoms with Crippen LogP contribution in [0.4, 0.5) is 17.6 Å². The van der Waals surface area contributed by atoms with Crippen molar-refractivity contribution < 1.29 is 17.6 Å². The number of benzene rings is 1. The zero-order valence-electron chi connectivity index (χ0n) is 19.0. The van der Waals surface area contributed by atoms with Crippen LogP contribution in [0.5, 0.6) is 0 Å². The molecule has 1 unspecified atom stereocenters. The first-order valence-corrected chi connectivity index (χ1v) is 11.5. The van der Waals surface area contributed by atoms with Crippen molar-refractivity contribution in [2.45, 2.75) is 56.9 Å². The van der Waals surface area contributed by atoms with Crippen LogP contribution in [0.3, 0.4) is 0 Å². The van der Waals surface area contributed by atoms with Crippen molar-refractivity contribution in [2.24, 2.45) is 5.92 Å². The second-order valence-electron chi connectivity index (χ2n) is 9.45. The molecule has 1 saturated heterocycles. The molecule has 6 nitrogen and oxygen atoms in total. The number of nitrogens with zero attached hydrogens (tertiary/aromatic N) is 2. The summed E-state index contributed by atoms with van der Waals surface area (Å²) in [7, 11) is 0. The van der Waals surface area contributed by atoms with Crippen molar-refractivity contribution in [3.05, 3.63) is 86.2 Å². The molecule has 1 aliphatic heterocycles. The number of hydrogen-bond acceptors (Lipinski definition) is 4. The van der Waals surface area contributed by atoms with Gasteiger partial charge in [0.1, 0.15) is 0 Å². The average molecular weight is 488 g/mol. The highest BCUT2D eigenvalue weighted by Crippen LogP contribution is 2.59. The molecule has 1 saturated carbocycles. The summed E-state index contributed by atoms with van der Waals surface area (Å²) in [6, 6.07) is 8.59. The first-order valence-electron chi connectivity index (χ1n) is 11.5. The van der Waals surface area contributed by atoms with Crippen molar-refractivity contribution in [3.8, 4) is 11.1 Å². The number of aromatic nitrogens is 3. The van der Waals surface area contributed by atoms with Gasteiger partial charge in [-0.3, -0.25) is 14.3 Å². The van der Waals surface area contributed by atoms with Gasteiger partial charge in [-0.25, -0.2) is 9.78 Å². The fraction of sp³-hybridized carbons (Fsp3) is 0.400. The minimum Gasteiger partial charge on any atom is -0.304 e. The number of pyridine rings is 1. The lowest BCUT2D eigenvalue weighted by Crippen LogP contribution is -2.34. The highest BCUT2D eigenvalue weighted by Gasteiger charge is 2.60. The van der Waals surface area contributed by atoms with Gasteiger partial charge in [-0.1, -0.05) is 12.1 Å². The third kappa shape index (κ3) is 4.42. The highest BCUT2D eigenvalue weighted by atomic mass is 19.4. The van der Waals surface area contributed by atoms with Gasteiger partial charge in [0.05, 0.1) is 11.1 Å². The first-order chi connectivity index (χ1) is 16.6. The number of fused-ring (bicyclic) bond motifs is 1. The van der Waals surface area contributed by atoms with Crippen molar-refractivity contribution in [1.82, 2.24) is 19.9 Å². The monoisotopic (exact) mass is 488 g/mol. The Morgan fingerprint density at radius 2 is 1.86 bits per heavy atom. The smallest absolute Gasteiger partial charge is 0.304 e. The lowest BCUT2D eigenvalue weighted by atomic mass is 10.0. The molecule has 3 aromatic rings. The van der Waals surface area contributed by atoms with E-state index in [1.807, 2.05) is 0 Å². The van der Waals surface area contributed by atoms with E-state index in [0.717, 1.165) is 37.0 Å². The van der Waals surface area contributed by atoms with Crippen LogP contribution in [0.15, 0.2) is 52.2 Å². The van der Waals surface area contributed by atoms with Crippen LogP contribution >= 0.6 is 0 Å². The zero-order valence-corrected chi connectivity index (χ0v) is 19.0. The van der Waals surface area contributed by atoms with Crippen LogP contribution in [0, 0.1) is 18.8 Å². The number of hydrogen-bond donors (Lipinski definition) is 2. The molecular formula is C25H24F4N4O2. The fourth-order valence-electron chi connectivity index (χ4n) is 5.24. The molecule has 2 N–H and O–H groups in total. The Kier molecular flexibility index (Phi) is 5.66. The van der Waals surface area contributed by atoms with E-state index in [2.05, 4.69) is 15.3 Å². The quantitative estimate of drug-likeness (QED) is 0.404. The minimum atomic E-state index is -4.35. The van der Waals surface area contributed by atoms with Crippen LogP contribution in [-0.4, -0.2) is 20.6 Å².